The van der Waals surface area contributed by atoms with E-state index in [2.05, 4.69) is 0 Å². The number of urea groups is 1. The molecule has 1 aliphatic heterocycles. The molecule has 0 aromatic heterocycles. The van der Waals surface area contributed by atoms with Gasteiger partial charge in [0.2, 0.25) is 0 Å². The Labute approximate surface area is 83.5 Å². The number of benzene rings is 1. The second-order valence-electron chi connectivity index (χ2n) is 3.60. The molecule has 2 amide bonds. The lowest BCUT2D eigenvalue weighted by Crippen LogP contribution is -2.35. The summed E-state index contributed by atoms with van der Waals surface area (Å²) >= 11 is 0. The van der Waals surface area contributed by atoms with Crippen molar-refractivity contribution in [1.29, 1.82) is 0 Å². The van der Waals surface area contributed by atoms with Crippen molar-refractivity contribution in [3.05, 3.63) is 35.9 Å². The SMILES string of the molecule is NC(=O)N1CCCC1c1ccccc1. The number of nitrogens with zero attached hydrogens (tertiary/aromatic N) is 1. The van der Waals surface area contributed by atoms with Crippen molar-refractivity contribution >= 4 is 6.03 Å². The van der Waals surface area contributed by atoms with E-state index in [4.69, 9.17) is 5.73 Å². The number of amides is 2. The van der Waals surface area contributed by atoms with Crippen LogP contribution in [0.2, 0.25) is 0 Å². The Kier molecular flexibility index (Phi) is 2.39. The Hall–Kier alpha value is -1.51. The first-order valence-corrected chi connectivity index (χ1v) is 4.90. The first-order chi connectivity index (χ1) is 6.79. The molecule has 0 spiro atoms. The fourth-order valence-corrected chi connectivity index (χ4v) is 2.05. The maximum absolute atomic E-state index is 11.1. The zero-order valence-electron chi connectivity index (χ0n) is 8.02. The zero-order chi connectivity index (χ0) is 9.97. The van der Waals surface area contributed by atoms with Crippen molar-refractivity contribution in [3.63, 3.8) is 0 Å². The normalized spacial score (nSPS) is 21.1. The van der Waals surface area contributed by atoms with Crippen molar-refractivity contribution in [1.82, 2.24) is 4.90 Å². The lowest BCUT2D eigenvalue weighted by atomic mass is 10.1. The summed E-state index contributed by atoms with van der Waals surface area (Å²) in [6.07, 6.45) is 2.06. The van der Waals surface area contributed by atoms with E-state index >= 15 is 0 Å². The Balaban J connectivity index is 2.22. The van der Waals surface area contributed by atoms with Gasteiger partial charge in [-0.2, -0.15) is 0 Å². The molecule has 1 atom stereocenters. The van der Waals surface area contributed by atoms with Gasteiger partial charge in [-0.3, -0.25) is 0 Å². The smallest absolute Gasteiger partial charge is 0.315 e. The molecule has 1 aromatic carbocycles. The van der Waals surface area contributed by atoms with Gasteiger partial charge in [0.25, 0.3) is 0 Å². The highest BCUT2D eigenvalue weighted by atomic mass is 16.2. The molecule has 1 aromatic rings. The van der Waals surface area contributed by atoms with Crippen molar-refractivity contribution in [2.45, 2.75) is 18.9 Å². The van der Waals surface area contributed by atoms with Gasteiger partial charge in [-0.15, -0.1) is 0 Å². The molecular weight excluding hydrogens is 176 g/mol. The summed E-state index contributed by atoms with van der Waals surface area (Å²) in [5.74, 6) is 0. The van der Waals surface area contributed by atoms with Gasteiger partial charge >= 0.3 is 6.03 Å². The lowest BCUT2D eigenvalue weighted by molar-refractivity contribution is 0.203. The van der Waals surface area contributed by atoms with E-state index in [1.54, 1.807) is 4.90 Å². The van der Waals surface area contributed by atoms with E-state index in [9.17, 15) is 4.79 Å². The number of likely N-dealkylation sites (tertiary alicyclic amines) is 1. The Bertz CT molecular complexity index is 323. The van der Waals surface area contributed by atoms with E-state index in [0.717, 1.165) is 19.4 Å². The third-order valence-corrected chi connectivity index (χ3v) is 2.72. The second-order valence-corrected chi connectivity index (χ2v) is 3.60. The van der Waals surface area contributed by atoms with Crippen molar-refractivity contribution < 1.29 is 4.79 Å². The molecule has 1 fully saturated rings. The minimum atomic E-state index is -0.309. The fourth-order valence-electron chi connectivity index (χ4n) is 2.05. The monoisotopic (exact) mass is 190 g/mol. The molecule has 3 heteroatoms. The standard InChI is InChI=1S/C11H14N2O/c12-11(14)13-8-4-7-10(13)9-5-2-1-3-6-9/h1-3,5-6,10H,4,7-8H2,(H2,12,14). The molecule has 1 unspecified atom stereocenters. The molecule has 74 valence electrons. The van der Waals surface area contributed by atoms with Crippen LogP contribution in [0.3, 0.4) is 0 Å². The van der Waals surface area contributed by atoms with Gasteiger partial charge in [0.15, 0.2) is 0 Å². The highest BCUT2D eigenvalue weighted by molar-refractivity contribution is 5.73. The lowest BCUT2D eigenvalue weighted by Gasteiger charge is -2.22. The minimum absolute atomic E-state index is 0.189. The van der Waals surface area contributed by atoms with Crippen LogP contribution in [0, 0.1) is 0 Å². The Morgan fingerprint density at radius 3 is 2.71 bits per heavy atom. The van der Waals surface area contributed by atoms with Crippen LogP contribution in [-0.4, -0.2) is 17.5 Å². The average molecular weight is 190 g/mol. The first kappa shape index (κ1) is 9.06. The highest BCUT2D eigenvalue weighted by Crippen LogP contribution is 2.30. The highest BCUT2D eigenvalue weighted by Gasteiger charge is 2.27. The number of carbonyl (C=O) groups is 1. The molecule has 2 N–H and O–H groups in total. The van der Waals surface area contributed by atoms with E-state index in [1.807, 2.05) is 30.3 Å². The first-order valence-electron chi connectivity index (χ1n) is 4.90. The topological polar surface area (TPSA) is 46.3 Å². The quantitative estimate of drug-likeness (QED) is 0.722. The Morgan fingerprint density at radius 1 is 1.36 bits per heavy atom. The summed E-state index contributed by atoms with van der Waals surface area (Å²) < 4.78 is 0. The molecule has 0 bridgehead atoms. The van der Waals surface area contributed by atoms with E-state index < -0.39 is 0 Å². The van der Waals surface area contributed by atoms with Gasteiger partial charge in [0.1, 0.15) is 0 Å². The number of hydrogen-bond donors (Lipinski definition) is 1. The zero-order valence-corrected chi connectivity index (χ0v) is 8.02. The molecule has 1 heterocycles. The van der Waals surface area contributed by atoms with Crippen LogP contribution >= 0.6 is 0 Å². The van der Waals surface area contributed by atoms with Gasteiger partial charge in [0.05, 0.1) is 6.04 Å². The Morgan fingerprint density at radius 2 is 2.07 bits per heavy atom. The molecule has 2 rings (SSSR count). The number of rotatable bonds is 1. The van der Waals surface area contributed by atoms with Gasteiger partial charge in [0, 0.05) is 6.54 Å². The molecule has 0 radical (unpaired) electrons. The molecule has 0 aliphatic carbocycles. The summed E-state index contributed by atoms with van der Waals surface area (Å²) in [5.41, 5.74) is 6.50. The van der Waals surface area contributed by atoms with Crippen molar-refractivity contribution in [2.24, 2.45) is 5.73 Å². The van der Waals surface area contributed by atoms with Crippen molar-refractivity contribution in [2.75, 3.05) is 6.54 Å². The maximum atomic E-state index is 11.1. The predicted octanol–water partition coefficient (Wildman–Crippen LogP) is 1.90. The summed E-state index contributed by atoms with van der Waals surface area (Å²) in [5, 5.41) is 0. The molecular formula is C11H14N2O. The predicted molar refractivity (Wildman–Crippen MR) is 54.7 cm³/mol. The van der Waals surface area contributed by atoms with E-state index in [1.165, 1.54) is 5.56 Å². The van der Waals surface area contributed by atoms with Crippen LogP contribution in [0.15, 0.2) is 30.3 Å². The summed E-state index contributed by atoms with van der Waals surface area (Å²) in [4.78, 5) is 12.9. The number of carbonyl (C=O) groups excluding carboxylic acids is 1. The van der Waals surface area contributed by atoms with Gasteiger partial charge < -0.3 is 10.6 Å². The van der Waals surface area contributed by atoms with Crippen LogP contribution in [0.4, 0.5) is 4.79 Å². The van der Waals surface area contributed by atoms with Crippen molar-refractivity contribution in [3.8, 4) is 0 Å². The molecule has 3 nitrogen and oxygen atoms in total. The van der Waals surface area contributed by atoms with Crippen LogP contribution < -0.4 is 5.73 Å². The van der Waals surface area contributed by atoms with E-state index in [-0.39, 0.29) is 12.1 Å². The van der Waals surface area contributed by atoms with Crippen LogP contribution in [-0.2, 0) is 0 Å². The second kappa shape index (κ2) is 3.70. The maximum Gasteiger partial charge on any atom is 0.315 e. The third-order valence-electron chi connectivity index (χ3n) is 2.72. The van der Waals surface area contributed by atoms with Gasteiger partial charge in [-0.05, 0) is 18.4 Å². The summed E-state index contributed by atoms with van der Waals surface area (Å²) in [6, 6.07) is 9.94. The van der Waals surface area contributed by atoms with Crippen LogP contribution in [0.25, 0.3) is 0 Å². The number of nitrogens with two attached hydrogens (primary N) is 1. The number of primary amides is 1. The van der Waals surface area contributed by atoms with Gasteiger partial charge in [-0.1, -0.05) is 30.3 Å². The fraction of sp³-hybridized carbons (Fsp3) is 0.364. The molecule has 1 saturated heterocycles. The van der Waals surface area contributed by atoms with Crippen LogP contribution in [0.1, 0.15) is 24.4 Å². The third kappa shape index (κ3) is 1.58. The number of hydrogen-bond acceptors (Lipinski definition) is 1. The summed E-state index contributed by atoms with van der Waals surface area (Å²) in [6.45, 7) is 0.787. The minimum Gasteiger partial charge on any atom is -0.351 e. The molecule has 1 aliphatic rings. The largest absolute Gasteiger partial charge is 0.351 e. The summed E-state index contributed by atoms with van der Waals surface area (Å²) in [7, 11) is 0. The molecule has 0 saturated carbocycles. The average Bonchev–Trinajstić information content (AvgIpc) is 2.67. The van der Waals surface area contributed by atoms with Crippen LogP contribution in [0.5, 0.6) is 0 Å². The van der Waals surface area contributed by atoms with Gasteiger partial charge in [-0.25, -0.2) is 4.79 Å². The van der Waals surface area contributed by atoms with E-state index in [0.29, 0.717) is 0 Å². The molecule has 14 heavy (non-hydrogen) atoms.